The summed E-state index contributed by atoms with van der Waals surface area (Å²) >= 11 is 6.05. The van der Waals surface area contributed by atoms with E-state index in [1.807, 2.05) is 44.2 Å². The fourth-order valence-corrected chi connectivity index (χ4v) is 4.69. The van der Waals surface area contributed by atoms with Gasteiger partial charge in [-0.25, -0.2) is 14.2 Å². The predicted molar refractivity (Wildman–Crippen MR) is 142 cm³/mol. The topological polar surface area (TPSA) is 101 Å². The molecule has 0 bridgehead atoms. The molecule has 1 fully saturated rings. The van der Waals surface area contributed by atoms with Crippen molar-refractivity contribution in [3.63, 3.8) is 0 Å². The maximum Gasteiger partial charge on any atom is 0.355 e. The van der Waals surface area contributed by atoms with Gasteiger partial charge in [0.05, 0.1) is 19.7 Å². The van der Waals surface area contributed by atoms with E-state index < -0.39 is 23.3 Å². The quantitative estimate of drug-likeness (QED) is 0.376. The summed E-state index contributed by atoms with van der Waals surface area (Å²) in [5.74, 6) is 0.294. The minimum Gasteiger partial charge on any atom is -0.461 e. The highest BCUT2D eigenvalue weighted by Crippen LogP contribution is 2.29. The lowest BCUT2D eigenvalue weighted by molar-refractivity contribution is -0.139. The number of nitrogens with one attached hydrogen (secondary N) is 1. The third-order valence-corrected chi connectivity index (χ3v) is 6.72. The minimum absolute atomic E-state index is 0.0367. The van der Waals surface area contributed by atoms with Crippen LogP contribution in [0.2, 0.25) is 5.02 Å². The fraction of sp³-hybridized carbons (Fsp3) is 0.370. The van der Waals surface area contributed by atoms with Crippen LogP contribution < -0.4 is 16.7 Å². The number of aryl methyl sites for hydroxylation is 2. The highest BCUT2D eigenvalue weighted by atomic mass is 35.5. The van der Waals surface area contributed by atoms with Gasteiger partial charge in [0.1, 0.15) is 17.4 Å². The predicted octanol–water partition coefficient (Wildman–Crippen LogP) is 4.62. The zero-order valence-corrected chi connectivity index (χ0v) is 22.0. The van der Waals surface area contributed by atoms with Crippen LogP contribution in [0.4, 0.5) is 11.6 Å². The Hall–Kier alpha value is -3.40. The monoisotopic (exact) mass is 524 g/mol. The van der Waals surface area contributed by atoms with E-state index in [4.69, 9.17) is 25.5 Å². The van der Waals surface area contributed by atoms with Gasteiger partial charge >= 0.3 is 11.4 Å². The van der Waals surface area contributed by atoms with Crippen molar-refractivity contribution in [2.75, 3.05) is 11.9 Å². The van der Waals surface area contributed by atoms with Gasteiger partial charge in [-0.05, 0) is 62.2 Å². The summed E-state index contributed by atoms with van der Waals surface area (Å²) in [7, 11) is 0. The Kier molecular flexibility index (Phi) is 6.70. The number of rotatable bonds is 7. The van der Waals surface area contributed by atoms with E-state index in [-0.39, 0.29) is 25.6 Å². The van der Waals surface area contributed by atoms with Crippen LogP contribution in [0.1, 0.15) is 37.7 Å². The average Bonchev–Trinajstić information content (AvgIpc) is 3.38. The standard InChI is InChI=1S/C27H29ClN4O5/c1-5-22-16(2)21-12-19(10-11-23(21)36-22)29-24-30-25(33)32(14-20-15-35-27(3,4)37-20)26(34)31(24)13-17-6-8-18(28)9-7-17/h6-12,20H,5,13-15H2,1-4H3,(H,29,30,33). The molecule has 1 aliphatic rings. The molecule has 1 atom stereocenters. The second-order valence-corrected chi connectivity index (χ2v) is 10.1. The summed E-state index contributed by atoms with van der Waals surface area (Å²) in [5.41, 5.74) is 2.19. The van der Waals surface area contributed by atoms with Crippen LogP contribution in [0.5, 0.6) is 0 Å². The smallest absolute Gasteiger partial charge is 0.355 e. The molecule has 0 aliphatic carbocycles. The minimum atomic E-state index is -0.771. The lowest BCUT2D eigenvalue weighted by Gasteiger charge is -2.19. The van der Waals surface area contributed by atoms with Crippen molar-refractivity contribution in [1.82, 2.24) is 14.1 Å². The molecule has 5 rings (SSSR count). The second-order valence-electron chi connectivity index (χ2n) is 9.61. The Balaban J connectivity index is 1.55. The SMILES string of the molecule is CCc1oc2ccc(Nc3nc(=O)n(CC4COC(C)(C)O4)c(=O)n3Cc3ccc(Cl)cc3)cc2c1C. The molecule has 2 aromatic carbocycles. The highest BCUT2D eigenvalue weighted by molar-refractivity contribution is 6.30. The number of hydrogen-bond donors (Lipinski definition) is 1. The number of fused-ring (bicyclic) bond motifs is 1. The van der Waals surface area contributed by atoms with Gasteiger partial charge in [0.15, 0.2) is 5.79 Å². The third kappa shape index (κ3) is 5.20. The number of hydrogen-bond acceptors (Lipinski definition) is 7. The van der Waals surface area contributed by atoms with E-state index >= 15 is 0 Å². The molecule has 10 heteroatoms. The van der Waals surface area contributed by atoms with Gasteiger partial charge in [0.25, 0.3) is 0 Å². The molecule has 1 N–H and O–H groups in total. The first-order valence-corrected chi connectivity index (χ1v) is 12.6. The van der Waals surface area contributed by atoms with Crippen molar-refractivity contribution in [2.45, 2.75) is 59.1 Å². The van der Waals surface area contributed by atoms with E-state index in [0.29, 0.717) is 10.7 Å². The molecule has 0 spiro atoms. The largest absolute Gasteiger partial charge is 0.461 e. The van der Waals surface area contributed by atoms with Crippen LogP contribution in [-0.2, 0) is 29.0 Å². The van der Waals surface area contributed by atoms with E-state index in [9.17, 15) is 9.59 Å². The Labute approximate surface area is 218 Å². The number of furan rings is 1. The summed E-state index contributed by atoms with van der Waals surface area (Å²) < 4.78 is 19.9. The van der Waals surface area contributed by atoms with Crippen molar-refractivity contribution in [3.8, 4) is 0 Å². The molecule has 0 saturated carbocycles. The van der Waals surface area contributed by atoms with Gasteiger partial charge in [-0.1, -0.05) is 30.7 Å². The molecule has 4 aromatic rings. The highest BCUT2D eigenvalue weighted by Gasteiger charge is 2.33. The lowest BCUT2D eigenvalue weighted by atomic mass is 10.1. The molecule has 2 aromatic heterocycles. The molecular weight excluding hydrogens is 496 g/mol. The van der Waals surface area contributed by atoms with Gasteiger partial charge in [-0.15, -0.1) is 0 Å². The van der Waals surface area contributed by atoms with E-state index in [1.165, 1.54) is 4.57 Å². The maximum atomic E-state index is 13.6. The fourth-order valence-electron chi connectivity index (χ4n) is 4.57. The first-order valence-electron chi connectivity index (χ1n) is 12.2. The van der Waals surface area contributed by atoms with Crippen LogP contribution in [0.25, 0.3) is 11.0 Å². The van der Waals surface area contributed by atoms with Crippen LogP contribution in [0.3, 0.4) is 0 Å². The second kappa shape index (κ2) is 9.81. The molecule has 3 heterocycles. The van der Waals surface area contributed by atoms with Gasteiger partial charge < -0.3 is 19.2 Å². The normalized spacial score (nSPS) is 16.9. The van der Waals surface area contributed by atoms with Gasteiger partial charge in [-0.2, -0.15) is 4.98 Å². The van der Waals surface area contributed by atoms with Gasteiger partial charge in [-0.3, -0.25) is 4.57 Å². The number of anilines is 2. The zero-order valence-electron chi connectivity index (χ0n) is 21.2. The lowest BCUT2D eigenvalue weighted by Crippen LogP contribution is -2.45. The molecule has 0 amide bonds. The Morgan fingerprint density at radius 2 is 1.89 bits per heavy atom. The van der Waals surface area contributed by atoms with E-state index in [1.54, 1.807) is 26.0 Å². The van der Waals surface area contributed by atoms with Crippen molar-refractivity contribution in [2.24, 2.45) is 0 Å². The molecule has 1 aliphatic heterocycles. The summed E-state index contributed by atoms with van der Waals surface area (Å²) in [6, 6.07) is 12.8. The van der Waals surface area contributed by atoms with Crippen LogP contribution >= 0.6 is 11.6 Å². The summed E-state index contributed by atoms with van der Waals surface area (Å²) in [6.07, 6.45) is 0.348. The first-order chi connectivity index (χ1) is 17.6. The first kappa shape index (κ1) is 25.3. The van der Waals surface area contributed by atoms with Crippen molar-refractivity contribution in [1.29, 1.82) is 0 Å². The number of halogens is 1. The van der Waals surface area contributed by atoms with Crippen molar-refractivity contribution in [3.05, 3.63) is 85.3 Å². The molecule has 1 saturated heterocycles. The number of aromatic nitrogens is 3. The van der Waals surface area contributed by atoms with Crippen LogP contribution in [0, 0.1) is 6.92 Å². The molecular formula is C27H29ClN4O5. The Bertz CT molecular complexity index is 1570. The van der Waals surface area contributed by atoms with Crippen molar-refractivity contribution < 1.29 is 13.9 Å². The van der Waals surface area contributed by atoms with Crippen molar-refractivity contribution >= 4 is 34.2 Å². The average molecular weight is 525 g/mol. The summed E-state index contributed by atoms with van der Waals surface area (Å²) in [6.45, 7) is 8.15. The summed E-state index contributed by atoms with van der Waals surface area (Å²) in [4.78, 5) is 30.9. The van der Waals surface area contributed by atoms with Gasteiger partial charge in [0.2, 0.25) is 5.95 Å². The van der Waals surface area contributed by atoms with E-state index in [0.717, 1.165) is 38.8 Å². The number of nitrogens with zero attached hydrogens (tertiary/aromatic N) is 3. The number of benzene rings is 2. The number of ether oxygens (including phenoxy) is 2. The van der Waals surface area contributed by atoms with E-state index in [2.05, 4.69) is 10.3 Å². The third-order valence-electron chi connectivity index (χ3n) is 6.47. The van der Waals surface area contributed by atoms with Crippen LogP contribution in [0.15, 0.2) is 56.5 Å². The molecule has 1 unspecified atom stereocenters. The summed E-state index contributed by atoms with van der Waals surface area (Å²) in [5, 5.41) is 4.73. The Morgan fingerprint density at radius 3 is 2.57 bits per heavy atom. The molecule has 194 valence electrons. The Morgan fingerprint density at radius 1 is 1.14 bits per heavy atom. The maximum absolute atomic E-state index is 13.6. The van der Waals surface area contributed by atoms with Gasteiger partial charge in [0, 0.05) is 22.5 Å². The molecule has 37 heavy (non-hydrogen) atoms. The van der Waals surface area contributed by atoms with Crippen LogP contribution in [-0.4, -0.2) is 32.6 Å². The zero-order chi connectivity index (χ0) is 26.3. The molecule has 9 nitrogen and oxygen atoms in total. The molecule has 0 radical (unpaired) electrons.